The predicted octanol–water partition coefficient (Wildman–Crippen LogP) is 1.53. The molecule has 1 rings (SSSR count). The third-order valence-corrected chi connectivity index (χ3v) is 3.18. The zero-order valence-corrected chi connectivity index (χ0v) is 11.0. The Balaban J connectivity index is 2.25. The Morgan fingerprint density at radius 1 is 1.47 bits per heavy atom. The molecule has 0 spiro atoms. The van der Waals surface area contributed by atoms with Crippen LogP contribution in [0.1, 0.15) is 46.5 Å². The van der Waals surface area contributed by atoms with E-state index in [9.17, 15) is 4.79 Å². The fourth-order valence-corrected chi connectivity index (χ4v) is 2.81. The van der Waals surface area contributed by atoms with E-state index in [1.165, 1.54) is 6.42 Å². The Morgan fingerprint density at radius 2 is 2.18 bits per heavy atom. The Labute approximate surface area is 103 Å². The highest BCUT2D eigenvalue weighted by Gasteiger charge is 2.32. The van der Waals surface area contributed by atoms with Crippen LogP contribution in [-0.4, -0.2) is 18.7 Å². The van der Waals surface area contributed by atoms with Crippen molar-refractivity contribution in [2.45, 2.75) is 52.6 Å². The van der Waals surface area contributed by atoms with Crippen LogP contribution in [0, 0.1) is 11.3 Å². The zero-order chi connectivity index (χ0) is 12.9. The molecule has 0 heterocycles. The third kappa shape index (κ3) is 5.48. The average molecular weight is 244 g/mol. The van der Waals surface area contributed by atoms with Crippen molar-refractivity contribution >= 4 is 5.97 Å². The van der Waals surface area contributed by atoms with Gasteiger partial charge in [0.1, 0.15) is 0 Å². The molecule has 1 aliphatic carbocycles. The molecule has 0 radical (unpaired) electrons. The first-order valence-corrected chi connectivity index (χ1v) is 6.20. The van der Waals surface area contributed by atoms with Crippen molar-refractivity contribution in [3.63, 3.8) is 0 Å². The normalized spacial score (nSPS) is 27.8. The van der Waals surface area contributed by atoms with Gasteiger partial charge in [0.15, 0.2) is 0 Å². The number of nitrogens with one attached hydrogen (secondary N) is 1. The van der Waals surface area contributed by atoms with Gasteiger partial charge in [-0.2, -0.15) is 0 Å². The van der Waals surface area contributed by atoms with E-state index in [1.807, 2.05) is 5.59 Å². The Morgan fingerprint density at radius 3 is 2.76 bits per heavy atom. The summed E-state index contributed by atoms with van der Waals surface area (Å²) in [6.45, 7) is 7.19. The Hall–Kier alpha value is -0.650. The molecule has 3 N–H and O–H groups in total. The van der Waals surface area contributed by atoms with Gasteiger partial charge in [-0.3, -0.25) is 4.79 Å². The summed E-state index contributed by atoms with van der Waals surface area (Å²) in [4.78, 5) is 15.4. The molecule has 0 saturated heterocycles. The molecular weight excluding hydrogens is 220 g/mol. The number of hydrogen-bond donors (Lipinski definition) is 2. The molecule has 2 unspecified atom stereocenters. The van der Waals surface area contributed by atoms with Gasteiger partial charge in [0.05, 0.1) is 19.1 Å². The maximum atomic E-state index is 11.0. The van der Waals surface area contributed by atoms with E-state index in [4.69, 9.17) is 10.6 Å². The molecule has 0 amide bonds. The molecule has 5 heteroatoms. The number of rotatable bonds is 5. The molecule has 0 aromatic heterocycles. The zero-order valence-electron chi connectivity index (χ0n) is 11.0. The summed E-state index contributed by atoms with van der Waals surface area (Å²) in [5.74, 6) is 5.15. The second kappa shape index (κ2) is 6.33. The average Bonchev–Trinajstić information content (AvgIpc) is 2.14. The second-order valence-electron chi connectivity index (χ2n) is 5.75. The van der Waals surface area contributed by atoms with Crippen molar-refractivity contribution in [2.24, 2.45) is 17.2 Å². The van der Waals surface area contributed by atoms with E-state index in [0.717, 1.165) is 12.8 Å². The number of nitrogens with two attached hydrogens (primary N) is 1. The number of hydrazine groups is 1. The highest BCUT2D eigenvalue weighted by Crippen LogP contribution is 2.39. The highest BCUT2D eigenvalue weighted by atomic mass is 16.7. The maximum Gasteiger partial charge on any atom is 0.328 e. The van der Waals surface area contributed by atoms with Crippen molar-refractivity contribution in [1.29, 1.82) is 0 Å². The highest BCUT2D eigenvalue weighted by molar-refractivity contribution is 5.69. The molecule has 0 aliphatic heterocycles. The summed E-state index contributed by atoms with van der Waals surface area (Å²) in [5.41, 5.74) is 2.21. The van der Waals surface area contributed by atoms with Gasteiger partial charge in [0.2, 0.25) is 0 Å². The number of ether oxygens (including phenoxy) is 1. The molecule has 2 atom stereocenters. The van der Waals surface area contributed by atoms with E-state index in [1.54, 1.807) is 0 Å². The molecule has 17 heavy (non-hydrogen) atoms. The van der Waals surface area contributed by atoms with Crippen molar-refractivity contribution in [3.05, 3.63) is 0 Å². The molecule has 0 aromatic carbocycles. The monoisotopic (exact) mass is 244 g/mol. The molecule has 0 aromatic rings. The van der Waals surface area contributed by atoms with Gasteiger partial charge in [0, 0.05) is 0 Å². The third-order valence-electron chi connectivity index (χ3n) is 3.18. The minimum absolute atomic E-state index is 0.232. The van der Waals surface area contributed by atoms with E-state index < -0.39 is 5.97 Å². The van der Waals surface area contributed by atoms with Crippen LogP contribution in [0.5, 0.6) is 0 Å². The van der Waals surface area contributed by atoms with Gasteiger partial charge in [-0.1, -0.05) is 26.4 Å². The van der Waals surface area contributed by atoms with Crippen LogP contribution in [0.4, 0.5) is 0 Å². The lowest BCUT2D eigenvalue weighted by Crippen LogP contribution is -2.33. The van der Waals surface area contributed by atoms with E-state index >= 15 is 0 Å². The standard InChI is InChI=1S/C12H24N2O3/c1-9-6-10(8-12(2,3)7-9)16-5-4-11(15)17-14-13/h9-10,14H,4-8,13H2,1-3H3. The molecule has 1 fully saturated rings. The first-order valence-electron chi connectivity index (χ1n) is 6.20. The van der Waals surface area contributed by atoms with Gasteiger partial charge >= 0.3 is 5.97 Å². The molecule has 5 nitrogen and oxygen atoms in total. The predicted molar refractivity (Wildman–Crippen MR) is 64.6 cm³/mol. The van der Waals surface area contributed by atoms with E-state index in [-0.39, 0.29) is 12.5 Å². The summed E-state index contributed by atoms with van der Waals surface area (Å²) < 4.78 is 5.74. The summed E-state index contributed by atoms with van der Waals surface area (Å²) in [7, 11) is 0. The lowest BCUT2D eigenvalue weighted by molar-refractivity contribution is -0.153. The van der Waals surface area contributed by atoms with Crippen LogP contribution >= 0.6 is 0 Å². The summed E-state index contributed by atoms with van der Waals surface area (Å²) >= 11 is 0. The van der Waals surface area contributed by atoms with Crippen molar-refractivity contribution < 1.29 is 14.4 Å². The molecular formula is C12H24N2O3. The maximum absolute atomic E-state index is 11.0. The number of hydrogen-bond acceptors (Lipinski definition) is 5. The van der Waals surface area contributed by atoms with E-state index in [2.05, 4.69) is 25.6 Å². The molecule has 100 valence electrons. The minimum Gasteiger partial charge on any atom is -0.378 e. The minimum atomic E-state index is -0.393. The number of carbonyl (C=O) groups is 1. The van der Waals surface area contributed by atoms with Gasteiger partial charge in [-0.25, -0.2) is 5.84 Å². The lowest BCUT2D eigenvalue weighted by Gasteiger charge is -2.38. The van der Waals surface area contributed by atoms with Gasteiger partial charge in [0.25, 0.3) is 0 Å². The summed E-state index contributed by atoms with van der Waals surface area (Å²) in [6.07, 6.45) is 3.86. The quantitative estimate of drug-likeness (QED) is 0.566. The van der Waals surface area contributed by atoms with Gasteiger partial charge < -0.3 is 9.57 Å². The molecule has 0 bridgehead atoms. The van der Waals surface area contributed by atoms with E-state index in [0.29, 0.717) is 17.9 Å². The van der Waals surface area contributed by atoms with Crippen LogP contribution in [0.3, 0.4) is 0 Å². The van der Waals surface area contributed by atoms with Crippen LogP contribution < -0.4 is 11.4 Å². The molecule has 1 aliphatic rings. The van der Waals surface area contributed by atoms with Crippen molar-refractivity contribution in [1.82, 2.24) is 5.59 Å². The Bertz CT molecular complexity index is 256. The first-order chi connectivity index (χ1) is 7.93. The van der Waals surface area contributed by atoms with Crippen LogP contribution in [-0.2, 0) is 14.4 Å². The summed E-state index contributed by atoms with van der Waals surface area (Å²) in [6, 6.07) is 0. The fraction of sp³-hybridized carbons (Fsp3) is 0.917. The smallest absolute Gasteiger partial charge is 0.328 e. The first kappa shape index (κ1) is 14.4. The van der Waals surface area contributed by atoms with Crippen LogP contribution in [0.15, 0.2) is 0 Å². The second-order valence-corrected chi connectivity index (χ2v) is 5.75. The van der Waals surface area contributed by atoms with Gasteiger partial charge in [-0.05, 0) is 30.6 Å². The topological polar surface area (TPSA) is 73.6 Å². The van der Waals surface area contributed by atoms with Crippen LogP contribution in [0.2, 0.25) is 0 Å². The lowest BCUT2D eigenvalue weighted by atomic mass is 9.71. The van der Waals surface area contributed by atoms with Crippen molar-refractivity contribution in [2.75, 3.05) is 6.61 Å². The van der Waals surface area contributed by atoms with Crippen LogP contribution in [0.25, 0.3) is 0 Å². The van der Waals surface area contributed by atoms with Gasteiger partial charge in [-0.15, -0.1) is 0 Å². The summed E-state index contributed by atoms with van der Waals surface area (Å²) in [5, 5.41) is 0. The molecule has 1 saturated carbocycles. The Kier molecular flexibility index (Phi) is 5.36. The SMILES string of the molecule is CC1CC(OCCC(=O)ONN)CC(C)(C)C1. The van der Waals surface area contributed by atoms with Crippen molar-refractivity contribution in [3.8, 4) is 0 Å². The number of carbonyl (C=O) groups excluding carboxylic acids is 1. The fourth-order valence-electron chi connectivity index (χ4n) is 2.81. The largest absolute Gasteiger partial charge is 0.378 e.